The Bertz CT molecular complexity index is 366. The Labute approximate surface area is 95.5 Å². The Morgan fingerprint density at radius 3 is 2.81 bits per heavy atom. The van der Waals surface area contributed by atoms with Gasteiger partial charge >= 0.3 is 0 Å². The lowest BCUT2D eigenvalue weighted by Crippen LogP contribution is -2.29. The number of imidazole rings is 1. The lowest BCUT2D eigenvalue weighted by molar-refractivity contribution is 0.0822. The molecule has 0 atom stereocenters. The van der Waals surface area contributed by atoms with Crippen molar-refractivity contribution < 1.29 is 4.79 Å². The molecule has 0 bridgehead atoms. The van der Waals surface area contributed by atoms with Gasteiger partial charge in [0.2, 0.25) is 0 Å². The summed E-state index contributed by atoms with van der Waals surface area (Å²) in [6.07, 6.45) is 5.84. The molecule has 2 rings (SSSR count). The quantitative estimate of drug-likeness (QED) is 0.793. The summed E-state index contributed by atoms with van der Waals surface area (Å²) in [5.74, 6) is -0.0346. The zero-order chi connectivity index (χ0) is 11.5. The van der Waals surface area contributed by atoms with Crippen LogP contribution in [0.5, 0.6) is 0 Å². The van der Waals surface area contributed by atoms with E-state index in [-0.39, 0.29) is 5.91 Å². The van der Waals surface area contributed by atoms with Crippen molar-refractivity contribution in [1.29, 1.82) is 0 Å². The van der Waals surface area contributed by atoms with E-state index >= 15 is 0 Å². The number of hydrogen-bond donors (Lipinski definition) is 1. The molecule has 0 radical (unpaired) electrons. The van der Waals surface area contributed by atoms with Crippen molar-refractivity contribution in [3.05, 3.63) is 18.2 Å². The van der Waals surface area contributed by atoms with Gasteiger partial charge in [-0.3, -0.25) is 4.79 Å². The van der Waals surface area contributed by atoms with Crippen molar-refractivity contribution in [2.75, 3.05) is 27.2 Å². The second-order valence-electron chi connectivity index (χ2n) is 4.39. The number of hydrogen-bond acceptors (Lipinski definition) is 3. The molecule has 5 nitrogen and oxygen atoms in total. The predicted molar refractivity (Wildman–Crippen MR) is 61.4 cm³/mol. The molecule has 1 aromatic rings. The van der Waals surface area contributed by atoms with Crippen molar-refractivity contribution in [2.45, 2.75) is 18.9 Å². The largest absolute Gasteiger partial charge is 0.343 e. The van der Waals surface area contributed by atoms with Crippen molar-refractivity contribution >= 4 is 5.91 Å². The molecule has 88 valence electrons. The van der Waals surface area contributed by atoms with Crippen LogP contribution in [0.15, 0.2) is 12.5 Å². The predicted octanol–water partition coefficient (Wildman–Crippen LogP) is 0.509. The summed E-state index contributed by atoms with van der Waals surface area (Å²) in [7, 11) is 3.48. The fraction of sp³-hybridized carbons (Fsp3) is 0.636. The van der Waals surface area contributed by atoms with Crippen molar-refractivity contribution in [3.63, 3.8) is 0 Å². The molecule has 0 aliphatic carbocycles. The van der Waals surface area contributed by atoms with Gasteiger partial charge in [-0.2, -0.15) is 0 Å². The molecule has 1 aliphatic heterocycles. The third kappa shape index (κ3) is 2.24. The average Bonchev–Trinajstić information content (AvgIpc) is 2.78. The van der Waals surface area contributed by atoms with Crippen LogP contribution in [0.4, 0.5) is 0 Å². The normalized spacial score (nSPS) is 17.4. The lowest BCUT2D eigenvalue weighted by Gasteiger charge is -2.23. The van der Waals surface area contributed by atoms with Crippen LogP contribution in [-0.2, 0) is 0 Å². The highest BCUT2D eigenvalue weighted by Gasteiger charge is 2.17. The highest BCUT2D eigenvalue weighted by atomic mass is 16.2. The van der Waals surface area contributed by atoms with E-state index in [1.807, 2.05) is 6.20 Å². The van der Waals surface area contributed by atoms with Crippen molar-refractivity contribution in [2.24, 2.45) is 0 Å². The number of rotatable bonds is 2. The zero-order valence-corrected chi connectivity index (χ0v) is 9.81. The van der Waals surface area contributed by atoms with Crippen LogP contribution in [0.3, 0.4) is 0 Å². The highest BCUT2D eigenvalue weighted by Crippen LogP contribution is 2.18. The van der Waals surface area contributed by atoms with Gasteiger partial charge in [0, 0.05) is 26.3 Å². The van der Waals surface area contributed by atoms with E-state index in [2.05, 4.69) is 14.9 Å². The zero-order valence-electron chi connectivity index (χ0n) is 9.81. The number of piperidine rings is 1. The van der Waals surface area contributed by atoms with Crippen LogP contribution in [0.25, 0.3) is 0 Å². The highest BCUT2D eigenvalue weighted by molar-refractivity contribution is 5.91. The SMILES string of the molecule is CN(C)C(=O)c1cn(C2CCNCC2)cn1. The minimum absolute atomic E-state index is 0.0346. The van der Waals surface area contributed by atoms with Gasteiger partial charge in [0.1, 0.15) is 5.69 Å². The molecule has 1 fully saturated rings. The Morgan fingerprint density at radius 2 is 2.19 bits per heavy atom. The first kappa shape index (κ1) is 11.1. The van der Waals surface area contributed by atoms with Gasteiger partial charge in [0.15, 0.2) is 0 Å². The molecule has 1 aromatic heterocycles. The molecule has 0 aromatic carbocycles. The molecule has 1 N–H and O–H groups in total. The first-order valence-corrected chi connectivity index (χ1v) is 5.64. The topological polar surface area (TPSA) is 50.2 Å². The van der Waals surface area contributed by atoms with Gasteiger partial charge in [-0.25, -0.2) is 4.98 Å². The van der Waals surface area contributed by atoms with E-state index < -0.39 is 0 Å². The molecule has 0 unspecified atom stereocenters. The van der Waals surface area contributed by atoms with Crippen LogP contribution >= 0.6 is 0 Å². The molecule has 1 saturated heterocycles. The van der Waals surface area contributed by atoms with E-state index in [0.717, 1.165) is 25.9 Å². The number of carbonyl (C=O) groups is 1. The van der Waals surface area contributed by atoms with Gasteiger partial charge in [-0.15, -0.1) is 0 Å². The second kappa shape index (κ2) is 4.65. The van der Waals surface area contributed by atoms with Crippen molar-refractivity contribution in [1.82, 2.24) is 19.8 Å². The van der Waals surface area contributed by atoms with Crippen molar-refractivity contribution in [3.8, 4) is 0 Å². The Balaban J connectivity index is 2.09. The van der Waals surface area contributed by atoms with E-state index in [1.54, 1.807) is 25.3 Å². The third-order valence-electron chi connectivity index (χ3n) is 2.96. The smallest absolute Gasteiger partial charge is 0.273 e. The molecule has 16 heavy (non-hydrogen) atoms. The summed E-state index contributed by atoms with van der Waals surface area (Å²) < 4.78 is 2.07. The van der Waals surface area contributed by atoms with Crippen LogP contribution < -0.4 is 5.32 Å². The maximum Gasteiger partial charge on any atom is 0.273 e. The average molecular weight is 222 g/mol. The Morgan fingerprint density at radius 1 is 1.50 bits per heavy atom. The molecule has 0 saturated carbocycles. The number of amides is 1. The Hall–Kier alpha value is -1.36. The fourth-order valence-electron chi connectivity index (χ4n) is 1.98. The van der Waals surface area contributed by atoms with Crippen LogP contribution in [0, 0.1) is 0 Å². The van der Waals surface area contributed by atoms with Crippen LogP contribution in [0.1, 0.15) is 29.4 Å². The molecule has 5 heteroatoms. The number of nitrogens with zero attached hydrogens (tertiary/aromatic N) is 3. The van der Waals surface area contributed by atoms with Gasteiger partial charge in [0.25, 0.3) is 5.91 Å². The summed E-state index contributed by atoms with van der Waals surface area (Å²) in [6.45, 7) is 2.08. The molecule has 1 aliphatic rings. The first-order chi connectivity index (χ1) is 7.68. The molecule has 1 amide bonds. The summed E-state index contributed by atoms with van der Waals surface area (Å²) in [5, 5.41) is 3.32. The first-order valence-electron chi connectivity index (χ1n) is 5.64. The molecule has 0 spiro atoms. The van der Waals surface area contributed by atoms with Gasteiger partial charge in [-0.1, -0.05) is 0 Å². The summed E-state index contributed by atoms with van der Waals surface area (Å²) in [5.41, 5.74) is 0.531. The van der Waals surface area contributed by atoms with Gasteiger partial charge < -0.3 is 14.8 Å². The maximum atomic E-state index is 11.7. The Kier molecular flexibility index (Phi) is 3.24. The molecular formula is C11H18N4O. The fourth-order valence-corrected chi connectivity index (χ4v) is 1.98. The summed E-state index contributed by atoms with van der Waals surface area (Å²) in [4.78, 5) is 17.4. The monoisotopic (exact) mass is 222 g/mol. The lowest BCUT2D eigenvalue weighted by atomic mass is 10.1. The molecular weight excluding hydrogens is 204 g/mol. The summed E-state index contributed by atoms with van der Waals surface area (Å²) in [6, 6.07) is 0.484. The minimum atomic E-state index is -0.0346. The van der Waals surface area contributed by atoms with E-state index in [9.17, 15) is 4.79 Å². The van der Waals surface area contributed by atoms with E-state index in [4.69, 9.17) is 0 Å². The van der Waals surface area contributed by atoms with Crippen LogP contribution in [0.2, 0.25) is 0 Å². The van der Waals surface area contributed by atoms with Crippen LogP contribution in [-0.4, -0.2) is 47.5 Å². The van der Waals surface area contributed by atoms with E-state index in [1.165, 1.54) is 0 Å². The van der Waals surface area contributed by atoms with E-state index in [0.29, 0.717) is 11.7 Å². The minimum Gasteiger partial charge on any atom is -0.343 e. The standard InChI is InChI=1S/C11H18N4O/c1-14(2)11(16)10-7-15(8-13-10)9-3-5-12-6-4-9/h7-9,12H,3-6H2,1-2H3. The third-order valence-corrected chi connectivity index (χ3v) is 2.96. The number of aromatic nitrogens is 2. The summed E-state index contributed by atoms with van der Waals surface area (Å²) >= 11 is 0. The number of nitrogens with one attached hydrogen (secondary N) is 1. The number of carbonyl (C=O) groups excluding carboxylic acids is 1. The second-order valence-corrected chi connectivity index (χ2v) is 4.39. The maximum absolute atomic E-state index is 11.7. The van der Waals surface area contributed by atoms with Gasteiger partial charge in [0.05, 0.1) is 6.33 Å². The molecule has 2 heterocycles. The van der Waals surface area contributed by atoms with Gasteiger partial charge in [-0.05, 0) is 25.9 Å².